The number of carbonyl (C=O) groups is 1. The molecule has 0 fully saturated rings. The van der Waals surface area contributed by atoms with Gasteiger partial charge in [0.15, 0.2) is 0 Å². The second kappa shape index (κ2) is 4.64. The zero-order valence-electron chi connectivity index (χ0n) is 9.43. The van der Waals surface area contributed by atoms with Crippen LogP contribution in [-0.2, 0) is 4.74 Å². The number of esters is 1. The van der Waals surface area contributed by atoms with Gasteiger partial charge in [0.05, 0.1) is 18.4 Å². The number of nitrogens with zero attached hydrogens (tertiary/aromatic N) is 1. The van der Waals surface area contributed by atoms with E-state index in [2.05, 4.69) is 17.4 Å². The van der Waals surface area contributed by atoms with Gasteiger partial charge in [-0.3, -0.25) is 0 Å². The van der Waals surface area contributed by atoms with E-state index in [0.29, 0.717) is 11.3 Å². The summed E-state index contributed by atoms with van der Waals surface area (Å²) < 4.78 is 4.73. The number of hydrogen-bond acceptors (Lipinski definition) is 3. The Bertz CT molecular complexity index is 625. The van der Waals surface area contributed by atoms with Gasteiger partial charge in [0.25, 0.3) is 0 Å². The normalized spacial score (nSPS) is 9.71. The van der Waals surface area contributed by atoms with Crippen molar-refractivity contribution in [2.24, 2.45) is 4.99 Å². The first-order chi connectivity index (χ1) is 8.27. The smallest absolute Gasteiger partial charge is 0.340 e. The molecule has 0 N–H and O–H groups in total. The lowest BCUT2D eigenvalue weighted by Crippen LogP contribution is -2.01. The van der Waals surface area contributed by atoms with Crippen LogP contribution in [0.4, 0.5) is 5.69 Å². The minimum atomic E-state index is -0.412. The van der Waals surface area contributed by atoms with Crippen LogP contribution >= 0.6 is 0 Å². The molecule has 0 spiro atoms. The van der Waals surface area contributed by atoms with Crippen molar-refractivity contribution in [3.63, 3.8) is 0 Å². The number of aliphatic imine (C=N–C) groups is 1. The monoisotopic (exact) mass is 225 g/mol. The summed E-state index contributed by atoms with van der Waals surface area (Å²) in [7, 11) is 1.35. The second-order valence-corrected chi connectivity index (χ2v) is 3.44. The number of carbonyl (C=O) groups excluding carboxylic acids is 1. The Labute approximate surface area is 99.1 Å². The van der Waals surface area contributed by atoms with Crippen LogP contribution in [0.3, 0.4) is 0 Å². The van der Waals surface area contributed by atoms with Crippen molar-refractivity contribution in [1.29, 1.82) is 0 Å². The van der Waals surface area contributed by atoms with E-state index in [9.17, 15) is 4.79 Å². The Morgan fingerprint density at radius 2 is 2.06 bits per heavy atom. The highest BCUT2D eigenvalue weighted by molar-refractivity contribution is 6.05. The summed E-state index contributed by atoms with van der Waals surface area (Å²) in [4.78, 5) is 15.7. The highest BCUT2D eigenvalue weighted by Crippen LogP contribution is 2.30. The Morgan fingerprint density at radius 3 is 2.76 bits per heavy atom. The summed E-state index contributed by atoms with van der Waals surface area (Å²) in [5.41, 5.74) is 0.965. The fourth-order valence-corrected chi connectivity index (χ4v) is 1.73. The van der Waals surface area contributed by atoms with Gasteiger partial charge in [-0.1, -0.05) is 30.3 Å². The molecule has 2 aromatic rings. The van der Waals surface area contributed by atoms with Gasteiger partial charge in [-0.15, -0.1) is 0 Å². The molecule has 0 amide bonds. The van der Waals surface area contributed by atoms with Gasteiger partial charge in [0.2, 0.25) is 0 Å². The van der Waals surface area contributed by atoms with Gasteiger partial charge < -0.3 is 4.74 Å². The fourth-order valence-electron chi connectivity index (χ4n) is 1.73. The van der Waals surface area contributed by atoms with Crippen molar-refractivity contribution in [3.8, 4) is 0 Å². The molecular weight excluding hydrogens is 214 g/mol. The molecule has 0 aliphatic rings. The maximum Gasteiger partial charge on any atom is 0.340 e. The molecule has 2 aromatic carbocycles. The molecule has 0 atom stereocenters. The third-order valence-corrected chi connectivity index (χ3v) is 2.50. The molecule has 0 saturated carbocycles. The number of benzene rings is 2. The minimum absolute atomic E-state index is 0.412. The molecule has 0 unspecified atom stereocenters. The van der Waals surface area contributed by atoms with Crippen LogP contribution in [0.25, 0.3) is 10.8 Å². The number of methoxy groups -OCH3 is 1. The minimum Gasteiger partial charge on any atom is -0.465 e. The van der Waals surface area contributed by atoms with Gasteiger partial charge >= 0.3 is 5.97 Å². The summed E-state index contributed by atoms with van der Waals surface area (Å²) in [5.74, 6) is 2.05. The summed E-state index contributed by atoms with van der Waals surface area (Å²) in [6, 6.07) is 11.2. The van der Waals surface area contributed by atoms with Gasteiger partial charge in [0, 0.05) is 5.39 Å². The molecule has 84 valence electrons. The van der Waals surface area contributed by atoms with Crippen molar-refractivity contribution < 1.29 is 9.53 Å². The predicted molar refractivity (Wildman–Crippen MR) is 68.0 cm³/mol. The third-order valence-electron chi connectivity index (χ3n) is 2.50. The fraction of sp³-hybridized carbons (Fsp3) is 0.0714. The number of rotatable bonds is 2. The molecule has 0 aliphatic carbocycles. The zero-order chi connectivity index (χ0) is 12.3. The highest BCUT2D eigenvalue weighted by atomic mass is 16.5. The first-order valence-corrected chi connectivity index (χ1v) is 5.11. The Morgan fingerprint density at radius 1 is 1.29 bits per heavy atom. The summed E-state index contributed by atoms with van der Waals surface area (Å²) in [6.07, 6.45) is 0. The lowest BCUT2D eigenvalue weighted by Gasteiger charge is -2.06. The Hall–Kier alpha value is -2.38. The number of fused-ring (bicyclic) bond motifs is 1. The molecule has 0 saturated heterocycles. The van der Waals surface area contributed by atoms with E-state index in [1.54, 1.807) is 6.07 Å². The molecule has 0 radical (unpaired) electrons. The number of ether oxygens (including phenoxy) is 1. The van der Waals surface area contributed by atoms with Crippen molar-refractivity contribution in [3.05, 3.63) is 48.5 Å². The van der Waals surface area contributed by atoms with E-state index in [1.165, 1.54) is 7.11 Å². The Balaban J connectivity index is 2.81. The second-order valence-electron chi connectivity index (χ2n) is 3.44. The molecule has 0 heterocycles. The van der Waals surface area contributed by atoms with E-state index < -0.39 is 5.97 Å². The summed E-state index contributed by atoms with van der Waals surface area (Å²) >= 11 is 0. The third kappa shape index (κ3) is 1.96. The largest absolute Gasteiger partial charge is 0.465 e. The van der Waals surface area contributed by atoms with Crippen molar-refractivity contribution in [2.75, 3.05) is 7.11 Å². The van der Waals surface area contributed by atoms with Crippen molar-refractivity contribution >= 4 is 28.3 Å². The Kier molecular flexibility index (Phi) is 3.03. The van der Waals surface area contributed by atoms with Crippen LogP contribution in [0.2, 0.25) is 0 Å². The van der Waals surface area contributed by atoms with Crippen LogP contribution in [0.1, 0.15) is 10.4 Å². The lowest BCUT2D eigenvalue weighted by atomic mass is 10.0. The molecule has 17 heavy (non-hydrogen) atoms. The summed E-state index contributed by atoms with van der Waals surface area (Å²) in [5, 5.41) is 1.89. The van der Waals surface area contributed by atoms with E-state index in [1.807, 2.05) is 30.3 Å². The van der Waals surface area contributed by atoms with Gasteiger partial charge in [0.1, 0.15) is 0 Å². The molecule has 0 bridgehead atoms. The summed E-state index contributed by atoms with van der Waals surface area (Å²) in [6.45, 7) is 3.45. The first-order valence-electron chi connectivity index (χ1n) is 5.11. The van der Waals surface area contributed by atoms with E-state index in [0.717, 1.165) is 10.8 Å². The van der Waals surface area contributed by atoms with E-state index in [-0.39, 0.29) is 0 Å². The van der Waals surface area contributed by atoms with Crippen molar-refractivity contribution in [2.45, 2.75) is 0 Å². The van der Waals surface area contributed by atoms with Crippen molar-refractivity contribution in [1.82, 2.24) is 0 Å². The maximum atomic E-state index is 11.6. The predicted octanol–water partition coefficient (Wildman–Crippen LogP) is 3.11. The quantitative estimate of drug-likeness (QED) is 0.581. The SMILES string of the molecule is C=C=Nc1c(C(=O)OC)ccc2ccccc12. The molecule has 0 aliphatic heterocycles. The molecule has 3 nitrogen and oxygen atoms in total. The topological polar surface area (TPSA) is 38.7 Å². The van der Waals surface area contributed by atoms with Gasteiger partial charge in [-0.2, -0.15) is 0 Å². The van der Waals surface area contributed by atoms with Crippen LogP contribution in [0.15, 0.2) is 48.0 Å². The van der Waals surface area contributed by atoms with Gasteiger partial charge in [-0.25, -0.2) is 9.79 Å². The molecule has 2 rings (SSSR count). The highest BCUT2D eigenvalue weighted by Gasteiger charge is 2.13. The van der Waals surface area contributed by atoms with E-state index >= 15 is 0 Å². The zero-order valence-corrected chi connectivity index (χ0v) is 9.43. The molecule has 3 heteroatoms. The first kappa shape index (κ1) is 11.1. The van der Waals surface area contributed by atoms with E-state index in [4.69, 9.17) is 4.74 Å². The lowest BCUT2D eigenvalue weighted by molar-refractivity contribution is 0.0602. The van der Waals surface area contributed by atoms with Gasteiger partial charge in [-0.05, 0) is 23.9 Å². The number of hydrogen-bond donors (Lipinski definition) is 0. The maximum absolute atomic E-state index is 11.6. The average Bonchev–Trinajstić information content (AvgIpc) is 2.38. The molecular formula is C14H11NO2. The van der Waals surface area contributed by atoms with Crippen LogP contribution in [0, 0.1) is 0 Å². The van der Waals surface area contributed by atoms with Crippen LogP contribution < -0.4 is 0 Å². The van der Waals surface area contributed by atoms with Crippen LogP contribution in [0.5, 0.6) is 0 Å². The standard InChI is InChI=1S/C14H11NO2/c1-3-15-13-11-7-5-4-6-10(11)8-9-12(13)14(16)17-2/h4-9H,1H2,2H3. The van der Waals surface area contributed by atoms with Crippen LogP contribution in [-0.4, -0.2) is 18.9 Å². The molecule has 0 aromatic heterocycles. The average molecular weight is 225 g/mol.